The molecule has 0 atom stereocenters. The van der Waals surface area contributed by atoms with E-state index in [0.717, 1.165) is 15.6 Å². The summed E-state index contributed by atoms with van der Waals surface area (Å²) in [6.07, 6.45) is 0. The summed E-state index contributed by atoms with van der Waals surface area (Å²) in [5, 5.41) is 3.02. The highest BCUT2D eigenvalue weighted by atomic mass is 79.9. The molecule has 0 heterocycles. The number of anilines is 1. The molecule has 0 aliphatic carbocycles. The number of halogens is 1. The lowest BCUT2D eigenvalue weighted by Crippen LogP contribution is -2.13. The normalized spacial score (nSPS) is 11.4. The van der Waals surface area contributed by atoms with Crippen LogP contribution in [0.25, 0.3) is 0 Å². The molecule has 0 saturated heterocycles. The largest absolute Gasteiger partial charge is 0.316 e. The fourth-order valence-corrected chi connectivity index (χ4v) is 3.70. The summed E-state index contributed by atoms with van der Waals surface area (Å²) in [6.45, 7) is 2.65. The molecule has 2 aromatic carbocycles. The van der Waals surface area contributed by atoms with Crippen LogP contribution in [0.2, 0.25) is 0 Å². The summed E-state index contributed by atoms with van der Waals surface area (Å²) in [4.78, 5) is 0.245. The van der Waals surface area contributed by atoms with Gasteiger partial charge in [-0.15, -0.1) is 0 Å². The van der Waals surface area contributed by atoms with Crippen molar-refractivity contribution in [3.8, 4) is 0 Å². The molecule has 0 amide bonds. The summed E-state index contributed by atoms with van der Waals surface area (Å²) in [5.41, 5.74) is 2.62. The van der Waals surface area contributed by atoms with Gasteiger partial charge in [0.05, 0.1) is 10.6 Å². The fraction of sp³-hybridized carbons (Fsp3) is 0.200. The molecule has 0 fully saturated rings. The van der Waals surface area contributed by atoms with Crippen molar-refractivity contribution in [2.24, 2.45) is 0 Å². The average molecular weight is 369 g/mol. The monoisotopic (exact) mass is 368 g/mol. The van der Waals surface area contributed by atoms with E-state index in [0.29, 0.717) is 12.2 Å². The highest BCUT2D eigenvalue weighted by molar-refractivity contribution is 9.10. The highest BCUT2D eigenvalue weighted by Gasteiger charge is 2.15. The molecule has 21 heavy (non-hydrogen) atoms. The van der Waals surface area contributed by atoms with Crippen molar-refractivity contribution in [2.45, 2.75) is 18.4 Å². The Kier molecular flexibility index (Phi) is 5.03. The summed E-state index contributed by atoms with van der Waals surface area (Å²) in [5.74, 6) is 0. The van der Waals surface area contributed by atoms with E-state index < -0.39 is 10.0 Å². The van der Waals surface area contributed by atoms with Gasteiger partial charge < -0.3 is 5.32 Å². The fourth-order valence-electron chi connectivity index (χ4n) is 1.90. The highest BCUT2D eigenvalue weighted by Crippen LogP contribution is 2.26. The number of hydrogen-bond acceptors (Lipinski definition) is 3. The Hall–Kier alpha value is -1.37. The molecule has 0 radical (unpaired) electrons. The van der Waals surface area contributed by atoms with Gasteiger partial charge in [0.2, 0.25) is 0 Å². The van der Waals surface area contributed by atoms with Gasteiger partial charge >= 0.3 is 0 Å². The Balaban J connectivity index is 2.25. The molecular formula is C15H17BrN2O2S. The van der Waals surface area contributed by atoms with Gasteiger partial charge in [0.15, 0.2) is 0 Å². The molecule has 2 N–H and O–H groups in total. The van der Waals surface area contributed by atoms with Crippen LogP contribution in [0, 0.1) is 6.92 Å². The molecule has 0 spiro atoms. The Bertz CT molecular complexity index is 728. The predicted molar refractivity (Wildman–Crippen MR) is 88.9 cm³/mol. The van der Waals surface area contributed by atoms with Gasteiger partial charge in [-0.25, -0.2) is 8.42 Å². The van der Waals surface area contributed by atoms with Crippen molar-refractivity contribution in [1.82, 2.24) is 5.32 Å². The minimum Gasteiger partial charge on any atom is -0.316 e. The number of rotatable bonds is 5. The van der Waals surface area contributed by atoms with Crippen LogP contribution in [0.4, 0.5) is 5.69 Å². The van der Waals surface area contributed by atoms with Crippen LogP contribution < -0.4 is 10.0 Å². The van der Waals surface area contributed by atoms with Gasteiger partial charge in [-0.3, -0.25) is 4.72 Å². The van der Waals surface area contributed by atoms with E-state index >= 15 is 0 Å². The lowest BCUT2D eigenvalue weighted by molar-refractivity contribution is 0.601. The van der Waals surface area contributed by atoms with Gasteiger partial charge in [0.1, 0.15) is 0 Å². The first kappa shape index (κ1) is 16.0. The van der Waals surface area contributed by atoms with Gasteiger partial charge in [-0.05, 0) is 65.3 Å². The second-order valence-electron chi connectivity index (χ2n) is 4.76. The third-order valence-corrected chi connectivity index (χ3v) is 5.02. The third-order valence-electron chi connectivity index (χ3n) is 2.98. The van der Waals surface area contributed by atoms with Crippen molar-refractivity contribution >= 4 is 31.6 Å². The number of sulfonamides is 1. The molecule has 0 aliphatic heterocycles. The second kappa shape index (κ2) is 6.60. The standard InChI is InChI=1S/C15H17BrN2O2S/c1-11-3-8-15(14(16)9-11)18-21(19,20)13-6-4-12(5-7-13)10-17-2/h3-9,17-18H,10H2,1-2H3. The Morgan fingerprint density at radius 1 is 1.10 bits per heavy atom. The van der Waals surface area contributed by atoms with Crippen LogP contribution in [-0.4, -0.2) is 15.5 Å². The van der Waals surface area contributed by atoms with Crippen LogP contribution >= 0.6 is 15.9 Å². The summed E-state index contributed by atoms with van der Waals surface area (Å²) < 4.78 is 28.0. The van der Waals surface area contributed by atoms with E-state index in [4.69, 9.17) is 0 Å². The molecule has 0 unspecified atom stereocenters. The van der Waals surface area contributed by atoms with Gasteiger partial charge in [-0.1, -0.05) is 18.2 Å². The molecule has 0 saturated carbocycles. The molecular weight excluding hydrogens is 352 g/mol. The Labute approximate surface area is 133 Å². The molecule has 112 valence electrons. The van der Waals surface area contributed by atoms with Crippen LogP contribution in [0.1, 0.15) is 11.1 Å². The van der Waals surface area contributed by atoms with Crippen molar-refractivity contribution in [2.75, 3.05) is 11.8 Å². The Morgan fingerprint density at radius 3 is 2.33 bits per heavy atom. The summed E-state index contributed by atoms with van der Waals surface area (Å²) >= 11 is 3.37. The van der Waals surface area contributed by atoms with Crippen molar-refractivity contribution in [3.05, 3.63) is 58.1 Å². The topological polar surface area (TPSA) is 58.2 Å². The van der Waals surface area contributed by atoms with Crippen molar-refractivity contribution in [1.29, 1.82) is 0 Å². The molecule has 4 nitrogen and oxygen atoms in total. The third kappa shape index (κ3) is 4.06. The van der Waals surface area contributed by atoms with E-state index in [1.165, 1.54) is 0 Å². The van der Waals surface area contributed by atoms with Gasteiger partial charge in [-0.2, -0.15) is 0 Å². The van der Waals surface area contributed by atoms with E-state index in [-0.39, 0.29) is 4.90 Å². The van der Waals surface area contributed by atoms with Crippen LogP contribution in [-0.2, 0) is 16.6 Å². The van der Waals surface area contributed by atoms with Crippen molar-refractivity contribution < 1.29 is 8.42 Å². The van der Waals surface area contributed by atoms with E-state index in [9.17, 15) is 8.42 Å². The second-order valence-corrected chi connectivity index (χ2v) is 7.30. The van der Waals surface area contributed by atoms with E-state index in [2.05, 4.69) is 26.0 Å². The molecule has 2 rings (SSSR count). The first-order valence-corrected chi connectivity index (χ1v) is 8.72. The van der Waals surface area contributed by atoms with Crippen molar-refractivity contribution in [3.63, 3.8) is 0 Å². The maximum Gasteiger partial charge on any atom is 0.261 e. The number of nitrogens with one attached hydrogen (secondary N) is 2. The lowest BCUT2D eigenvalue weighted by atomic mass is 10.2. The van der Waals surface area contributed by atoms with Gasteiger partial charge in [0, 0.05) is 11.0 Å². The smallest absolute Gasteiger partial charge is 0.261 e. The molecule has 0 aliphatic rings. The molecule has 2 aromatic rings. The lowest BCUT2D eigenvalue weighted by Gasteiger charge is -2.11. The number of hydrogen-bond donors (Lipinski definition) is 2. The number of benzene rings is 2. The van der Waals surface area contributed by atoms with Crippen LogP contribution in [0.3, 0.4) is 0 Å². The first-order valence-electron chi connectivity index (χ1n) is 6.45. The van der Waals surface area contributed by atoms with E-state index in [1.54, 1.807) is 30.3 Å². The van der Waals surface area contributed by atoms with Crippen LogP contribution in [0.15, 0.2) is 51.8 Å². The zero-order valence-electron chi connectivity index (χ0n) is 11.9. The molecule has 0 aromatic heterocycles. The average Bonchev–Trinajstić information content (AvgIpc) is 2.43. The molecule has 0 bridgehead atoms. The predicted octanol–water partition coefficient (Wildman–Crippen LogP) is 3.28. The number of aryl methyl sites for hydroxylation is 1. The summed E-state index contributed by atoms with van der Waals surface area (Å²) in [6, 6.07) is 12.3. The quantitative estimate of drug-likeness (QED) is 0.851. The maximum atomic E-state index is 12.4. The minimum atomic E-state index is -3.58. The van der Waals surface area contributed by atoms with Gasteiger partial charge in [0.25, 0.3) is 10.0 Å². The zero-order valence-corrected chi connectivity index (χ0v) is 14.3. The van der Waals surface area contributed by atoms with E-state index in [1.807, 2.05) is 26.1 Å². The molecule has 6 heteroatoms. The summed E-state index contributed by atoms with van der Waals surface area (Å²) in [7, 11) is -1.73. The minimum absolute atomic E-state index is 0.245. The SMILES string of the molecule is CNCc1ccc(S(=O)(=O)Nc2ccc(C)cc2Br)cc1. The Morgan fingerprint density at radius 2 is 1.76 bits per heavy atom. The first-order chi connectivity index (χ1) is 9.92. The van der Waals surface area contributed by atoms with Crippen LogP contribution in [0.5, 0.6) is 0 Å². The zero-order chi connectivity index (χ0) is 15.5. The maximum absolute atomic E-state index is 12.4.